The quantitative estimate of drug-likeness (QED) is 0.912. The van der Waals surface area contributed by atoms with E-state index in [2.05, 4.69) is 31.8 Å². The fourth-order valence-electron chi connectivity index (χ4n) is 1.88. The van der Waals surface area contributed by atoms with Gasteiger partial charge in [-0.25, -0.2) is 4.98 Å². The molecule has 3 nitrogen and oxygen atoms in total. The number of benzene rings is 1. The normalized spacial score (nSPS) is 11.4. The van der Waals surface area contributed by atoms with Crippen LogP contribution in [0.1, 0.15) is 31.9 Å². The van der Waals surface area contributed by atoms with E-state index in [-0.39, 0.29) is 5.41 Å². The summed E-state index contributed by atoms with van der Waals surface area (Å²) in [4.78, 5) is 4.27. The van der Waals surface area contributed by atoms with Gasteiger partial charge in [-0.2, -0.15) is 0 Å². The molecule has 2 rings (SSSR count). The molecule has 0 spiro atoms. The molecule has 0 aliphatic carbocycles. The lowest BCUT2D eigenvalue weighted by molar-refractivity contribution is 0.439. The average molecular weight is 256 g/mol. The summed E-state index contributed by atoms with van der Waals surface area (Å²) in [6.07, 6.45) is 1.75. The number of ether oxygens (including phenoxy) is 1. The fourth-order valence-corrected chi connectivity index (χ4v) is 1.88. The number of hydrogen-bond donors (Lipinski definition) is 1. The first-order valence-electron chi connectivity index (χ1n) is 6.43. The Kier molecular flexibility index (Phi) is 3.86. The molecule has 1 heterocycles. The molecule has 19 heavy (non-hydrogen) atoms. The molecule has 2 N–H and O–H groups in total. The summed E-state index contributed by atoms with van der Waals surface area (Å²) in [5.41, 5.74) is 7.75. The van der Waals surface area contributed by atoms with Crippen molar-refractivity contribution < 1.29 is 4.74 Å². The molecule has 0 saturated carbocycles. The lowest BCUT2D eigenvalue weighted by atomic mass is 9.86. The minimum absolute atomic E-state index is 0.0355. The second kappa shape index (κ2) is 5.41. The van der Waals surface area contributed by atoms with Crippen LogP contribution >= 0.6 is 0 Å². The van der Waals surface area contributed by atoms with E-state index in [1.807, 2.05) is 30.3 Å². The molecule has 0 aliphatic heterocycles. The highest BCUT2D eigenvalue weighted by molar-refractivity contribution is 5.40. The molecular weight excluding hydrogens is 236 g/mol. The molecule has 1 aromatic carbocycles. The third kappa shape index (κ3) is 3.32. The number of para-hydroxylation sites is 1. The van der Waals surface area contributed by atoms with Gasteiger partial charge in [-0.05, 0) is 17.0 Å². The Morgan fingerprint density at radius 1 is 1.11 bits per heavy atom. The molecule has 1 aromatic heterocycles. The second-order valence-electron chi connectivity index (χ2n) is 5.56. The van der Waals surface area contributed by atoms with Crippen molar-refractivity contribution in [2.75, 3.05) is 0 Å². The first-order valence-corrected chi connectivity index (χ1v) is 6.43. The summed E-state index contributed by atoms with van der Waals surface area (Å²) < 4.78 is 5.88. The number of nitrogens with zero attached hydrogens (tertiary/aromatic N) is 1. The standard InChI is InChI=1S/C16H20N2O/c1-16(2,3)13-6-4-5-7-14(13)19-15-9-8-12(10-17)11-18-15/h4-9,11H,10,17H2,1-3H3. The van der Waals surface area contributed by atoms with Crippen LogP contribution in [0.4, 0.5) is 0 Å². The zero-order valence-corrected chi connectivity index (χ0v) is 11.7. The fraction of sp³-hybridized carbons (Fsp3) is 0.312. The van der Waals surface area contributed by atoms with Crippen LogP contribution < -0.4 is 10.5 Å². The lowest BCUT2D eigenvalue weighted by Gasteiger charge is -2.22. The Labute approximate surface area is 114 Å². The molecule has 0 bridgehead atoms. The highest BCUT2D eigenvalue weighted by Crippen LogP contribution is 2.33. The number of pyridine rings is 1. The summed E-state index contributed by atoms with van der Waals surface area (Å²) in [5, 5.41) is 0. The summed E-state index contributed by atoms with van der Waals surface area (Å²) >= 11 is 0. The molecule has 0 amide bonds. The van der Waals surface area contributed by atoms with Crippen molar-refractivity contribution in [3.63, 3.8) is 0 Å². The predicted molar refractivity (Wildman–Crippen MR) is 77.3 cm³/mol. The van der Waals surface area contributed by atoms with Crippen LogP contribution in [0.3, 0.4) is 0 Å². The van der Waals surface area contributed by atoms with Crippen molar-refractivity contribution in [1.29, 1.82) is 0 Å². The van der Waals surface area contributed by atoms with Crippen LogP contribution in [0.5, 0.6) is 11.6 Å². The smallest absolute Gasteiger partial charge is 0.219 e. The molecule has 100 valence electrons. The van der Waals surface area contributed by atoms with E-state index in [9.17, 15) is 0 Å². The lowest BCUT2D eigenvalue weighted by Crippen LogP contribution is -2.12. The summed E-state index contributed by atoms with van der Waals surface area (Å²) in [7, 11) is 0. The van der Waals surface area contributed by atoms with Gasteiger partial charge in [0.05, 0.1) is 0 Å². The maximum absolute atomic E-state index is 5.88. The number of hydrogen-bond acceptors (Lipinski definition) is 3. The minimum atomic E-state index is 0.0355. The van der Waals surface area contributed by atoms with E-state index in [1.54, 1.807) is 6.20 Å². The summed E-state index contributed by atoms with van der Waals surface area (Å²) in [6, 6.07) is 11.8. The van der Waals surface area contributed by atoms with Crippen molar-refractivity contribution >= 4 is 0 Å². The van der Waals surface area contributed by atoms with Crippen LogP contribution in [-0.4, -0.2) is 4.98 Å². The first-order chi connectivity index (χ1) is 9.00. The Morgan fingerprint density at radius 3 is 2.42 bits per heavy atom. The van der Waals surface area contributed by atoms with E-state index in [0.29, 0.717) is 12.4 Å². The van der Waals surface area contributed by atoms with E-state index in [4.69, 9.17) is 10.5 Å². The molecule has 0 unspecified atom stereocenters. The van der Waals surface area contributed by atoms with Crippen molar-refractivity contribution in [2.45, 2.75) is 32.7 Å². The van der Waals surface area contributed by atoms with Crippen molar-refractivity contribution in [3.8, 4) is 11.6 Å². The second-order valence-corrected chi connectivity index (χ2v) is 5.56. The van der Waals surface area contributed by atoms with E-state index in [0.717, 1.165) is 11.3 Å². The number of aromatic nitrogens is 1. The van der Waals surface area contributed by atoms with Crippen molar-refractivity contribution in [2.24, 2.45) is 5.73 Å². The van der Waals surface area contributed by atoms with Gasteiger partial charge in [0.1, 0.15) is 5.75 Å². The summed E-state index contributed by atoms with van der Waals surface area (Å²) in [5.74, 6) is 1.44. The van der Waals surface area contributed by atoms with Crippen LogP contribution in [0.25, 0.3) is 0 Å². The molecular formula is C16H20N2O. The topological polar surface area (TPSA) is 48.1 Å². The van der Waals surface area contributed by atoms with Gasteiger partial charge in [0.15, 0.2) is 0 Å². The Balaban J connectivity index is 2.28. The third-order valence-electron chi connectivity index (χ3n) is 2.94. The third-order valence-corrected chi connectivity index (χ3v) is 2.94. The Hall–Kier alpha value is -1.87. The Bertz CT molecular complexity index is 541. The molecule has 2 aromatic rings. The van der Waals surface area contributed by atoms with Gasteiger partial charge in [0.25, 0.3) is 0 Å². The number of rotatable bonds is 3. The van der Waals surface area contributed by atoms with Gasteiger partial charge in [-0.3, -0.25) is 0 Å². The van der Waals surface area contributed by atoms with Crippen molar-refractivity contribution in [3.05, 3.63) is 53.7 Å². The van der Waals surface area contributed by atoms with Gasteiger partial charge >= 0.3 is 0 Å². The maximum Gasteiger partial charge on any atom is 0.219 e. The monoisotopic (exact) mass is 256 g/mol. The van der Waals surface area contributed by atoms with Crippen LogP contribution in [0, 0.1) is 0 Å². The largest absolute Gasteiger partial charge is 0.439 e. The Morgan fingerprint density at radius 2 is 1.84 bits per heavy atom. The van der Waals surface area contributed by atoms with Gasteiger partial charge in [0, 0.05) is 24.4 Å². The highest BCUT2D eigenvalue weighted by Gasteiger charge is 2.18. The van der Waals surface area contributed by atoms with E-state index in [1.165, 1.54) is 5.56 Å². The number of nitrogens with two attached hydrogens (primary N) is 1. The van der Waals surface area contributed by atoms with Gasteiger partial charge in [-0.15, -0.1) is 0 Å². The molecule has 0 atom stereocenters. The van der Waals surface area contributed by atoms with Crippen LogP contribution in [0.2, 0.25) is 0 Å². The average Bonchev–Trinajstić information content (AvgIpc) is 2.39. The van der Waals surface area contributed by atoms with E-state index < -0.39 is 0 Å². The van der Waals surface area contributed by atoms with Crippen LogP contribution in [-0.2, 0) is 12.0 Å². The molecule has 0 radical (unpaired) electrons. The van der Waals surface area contributed by atoms with Gasteiger partial charge < -0.3 is 10.5 Å². The van der Waals surface area contributed by atoms with E-state index >= 15 is 0 Å². The molecule has 3 heteroatoms. The van der Waals surface area contributed by atoms with Gasteiger partial charge in [0.2, 0.25) is 5.88 Å². The van der Waals surface area contributed by atoms with Crippen LogP contribution in [0.15, 0.2) is 42.6 Å². The molecule has 0 fully saturated rings. The minimum Gasteiger partial charge on any atom is -0.439 e. The summed E-state index contributed by atoms with van der Waals surface area (Å²) in [6.45, 7) is 6.99. The highest BCUT2D eigenvalue weighted by atomic mass is 16.5. The first kappa shape index (κ1) is 13.6. The zero-order chi connectivity index (χ0) is 13.9. The molecule has 0 saturated heterocycles. The predicted octanol–water partition coefficient (Wildman–Crippen LogP) is 3.63. The zero-order valence-electron chi connectivity index (χ0n) is 11.7. The molecule has 0 aliphatic rings. The SMILES string of the molecule is CC(C)(C)c1ccccc1Oc1ccc(CN)cn1. The van der Waals surface area contributed by atoms with Gasteiger partial charge in [-0.1, -0.05) is 45.0 Å². The van der Waals surface area contributed by atoms with Crippen molar-refractivity contribution in [1.82, 2.24) is 4.98 Å². The maximum atomic E-state index is 5.88.